The summed E-state index contributed by atoms with van der Waals surface area (Å²) in [6.07, 6.45) is -2.50. The lowest BCUT2D eigenvalue weighted by Crippen LogP contribution is -2.53. The van der Waals surface area contributed by atoms with E-state index in [9.17, 15) is 36.7 Å². The Balaban J connectivity index is 1.29. The zero-order chi connectivity index (χ0) is 31.8. The number of halogens is 4. The van der Waals surface area contributed by atoms with E-state index in [1.807, 2.05) is 12.1 Å². The van der Waals surface area contributed by atoms with Crippen LogP contribution in [0.15, 0.2) is 53.7 Å². The summed E-state index contributed by atoms with van der Waals surface area (Å²) >= 11 is 0. The zero-order valence-electron chi connectivity index (χ0n) is 24.2. The highest BCUT2D eigenvalue weighted by atomic mass is 19.4. The third-order valence-electron chi connectivity index (χ3n) is 8.53. The van der Waals surface area contributed by atoms with Crippen LogP contribution in [0.2, 0.25) is 0 Å². The summed E-state index contributed by atoms with van der Waals surface area (Å²) in [7, 11) is 0. The van der Waals surface area contributed by atoms with Gasteiger partial charge in [-0.05, 0) is 67.5 Å². The van der Waals surface area contributed by atoms with Gasteiger partial charge in [0.2, 0.25) is 11.8 Å². The highest BCUT2D eigenvalue weighted by Gasteiger charge is 2.44. The molecule has 2 unspecified atom stereocenters. The van der Waals surface area contributed by atoms with Gasteiger partial charge in [0, 0.05) is 32.0 Å². The van der Waals surface area contributed by atoms with Gasteiger partial charge in [0.25, 0.3) is 5.91 Å². The number of allylic oxidation sites excluding steroid dienone is 1. The molecule has 0 radical (unpaired) electrons. The second-order valence-corrected chi connectivity index (χ2v) is 11.3. The first kappa shape index (κ1) is 31.0. The predicted molar refractivity (Wildman–Crippen MR) is 149 cm³/mol. The van der Waals surface area contributed by atoms with E-state index in [0.29, 0.717) is 29.4 Å². The zero-order valence-corrected chi connectivity index (χ0v) is 24.2. The van der Waals surface area contributed by atoms with Gasteiger partial charge in [-0.1, -0.05) is 30.3 Å². The summed E-state index contributed by atoms with van der Waals surface area (Å²) in [5, 5.41) is 0.362. The van der Waals surface area contributed by atoms with Crippen molar-refractivity contribution in [2.24, 2.45) is 5.92 Å². The van der Waals surface area contributed by atoms with Crippen molar-refractivity contribution in [3.63, 3.8) is 0 Å². The highest BCUT2D eigenvalue weighted by Crippen LogP contribution is 2.33. The molecule has 3 amide bonds. The van der Waals surface area contributed by atoms with Gasteiger partial charge in [-0.15, -0.1) is 5.17 Å². The second kappa shape index (κ2) is 12.3. The molecule has 44 heavy (non-hydrogen) atoms. The largest absolute Gasteiger partial charge is 0.493 e. The quantitative estimate of drug-likeness (QED) is 0.492. The van der Waals surface area contributed by atoms with Crippen LogP contribution in [0.1, 0.15) is 59.7 Å². The van der Waals surface area contributed by atoms with Crippen LogP contribution in [-0.2, 0) is 32.1 Å². The van der Waals surface area contributed by atoms with Gasteiger partial charge in [0.05, 0.1) is 17.2 Å². The van der Waals surface area contributed by atoms with Crippen molar-refractivity contribution >= 4 is 23.7 Å². The van der Waals surface area contributed by atoms with E-state index in [2.05, 4.69) is 22.4 Å². The first-order chi connectivity index (χ1) is 20.8. The Bertz CT molecular complexity index is 1520. The molecule has 2 atom stereocenters. The first-order valence-electron chi connectivity index (χ1n) is 14.4. The lowest BCUT2D eigenvalue weighted by atomic mass is 9.82. The van der Waals surface area contributed by atoms with Crippen LogP contribution in [0, 0.1) is 11.7 Å². The fourth-order valence-electron chi connectivity index (χ4n) is 5.89. The molecular formula is C31H32F4N4O5. The maximum Gasteiger partial charge on any atom is 0.493 e. The van der Waals surface area contributed by atoms with Gasteiger partial charge in [0.1, 0.15) is 12.4 Å². The fourth-order valence-corrected chi connectivity index (χ4v) is 5.89. The highest BCUT2D eigenvalue weighted by molar-refractivity contribution is 5.97. The maximum atomic E-state index is 14.9. The molecule has 234 valence electrons. The summed E-state index contributed by atoms with van der Waals surface area (Å²) in [5.74, 6) is -5.53. The van der Waals surface area contributed by atoms with Crippen molar-refractivity contribution in [1.29, 1.82) is 0 Å². The van der Waals surface area contributed by atoms with E-state index in [4.69, 9.17) is 0 Å². The molecule has 0 bridgehead atoms. The van der Waals surface area contributed by atoms with Crippen molar-refractivity contribution in [2.75, 3.05) is 26.2 Å². The average molecular weight is 617 g/mol. The van der Waals surface area contributed by atoms with Gasteiger partial charge >= 0.3 is 12.1 Å². The molecule has 2 aromatic rings. The van der Waals surface area contributed by atoms with Crippen LogP contribution >= 0.6 is 0 Å². The number of benzene rings is 2. The normalized spacial score (nSPS) is 20.8. The number of carbonyl (C=O) groups is 4. The maximum absolute atomic E-state index is 14.9. The molecule has 0 aromatic heterocycles. The minimum Gasteiger partial charge on any atom is -0.339 e. The number of hydrogen-bond acceptors (Lipinski definition) is 6. The SMILES string of the molecule is CC1=C(Cc2ccc(F)c(C(=O)N3CCN(CC4CCCc5ccccc54)C(=O)C3)c2)N(OC(=O)C(F)(F)F)NC(=O)C1C. The van der Waals surface area contributed by atoms with Crippen molar-refractivity contribution in [3.05, 3.63) is 81.8 Å². The molecule has 1 saturated heterocycles. The van der Waals surface area contributed by atoms with Gasteiger partial charge in [0.15, 0.2) is 0 Å². The number of hydroxylamine groups is 1. The number of hydrazine groups is 1. The van der Waals surface area contributed by atoms with Gasteiger partial charge in [-0.3, -0.25) is 14.4 Å². The monoisotopic (exact) mass is 616 g/mol. The standard InChI is InChI=1S/C31H32F4N4O5/c1-18-19(2)28(41)36-39(44-30(43)31(33,34)35)26(18)15-20-10-11-25(32)24(14-20)29(42)38-13-12-37(27(40)17-38)16-22-8-5-7-21-6-3-4-9-23(21)22/h3-4,6,9-11,14,19,22H,5,7-8,12-13,15-17H2,1-2H3,(H,36,41). The van der Waals surface area contributed by atoms with E-state index in [1.165, 1.54) is 42.0 Å². The van der Waals surface area contributed by atoms with Crippen molar-refractivity contribution in [2.45, 2.75) is 51.6 Å². The molecule has 2 aromatic carbocycles. The number of carbonyl (C=O) groups excluding carboxylic acids is 4. The van der Waals surface area contributed by atoms with Crippen LogP contribution in [-0.4, -0.2) is 71.0 Å². The third-order valence-corrected chi connectivity index (χ3v) is 8.53. The number of alkyl halides is 3. The van der Waals surface area contributed by atoms with Gasteiger partial charge in [-0.25, -0.2) is 14.6 Å². The molecule has 3 aliphatic rings. The van der Waals surface area contributed by atoms with E-state index < -0.39 is 35.7 Å². The van der Waals surface area contributed by atoms with Crippen molar-refractivity contribution in [3.8, 4) is 0 Å². The van der Waals surface area contributed by atoms with Crippen LogP contribution < -0.4 is 5.43 Å². The Morgan fingerprint density at radius 2 is 1.84 bits per heavy atom. The number of hydrogen-bond donors (Lipinski definition) is 1. The molecule has 5 rings (SSSR count). The topological polar surface area (TPSA) is 99.3 Å². The van der Waals surface area contributed by atoms with Crippen LogP contribution in [0.4, 0.5) is 17.6 Å². The third kappa shape index (κ3) is 6.41. The summed E-state index contributed by atoms with van der Waals surface area (Å²) in [5.41, 5.74) is 4.99. The number of nitrogens with zero attached hydrogens (tertiary/aromatic N) is 3. The van der Waals surface area contributed by atoms with Crippen LogP contribution in [0.3, 0.4) is 0 Å². The first-order valence-corrected chi connectivity index (χ1v) is 14.4. The molecule has 9 nitrogen and oxygen atoms in total. The molecule has 1 fully saturated rings. The lowest BCUT2D eigenvalue weighted by Gasteiger charge is -2.37. The van der Waals surface area contributed by atoms with E-state index in [-0.39, 0.29) is 42.6 Å². The molecular weight excluding hydrogens is 584 g/mol. The van der Waals surface area contributed by atoms with Crippen molar-refractivity contribution < 1.29 is 41.6 Å². The fraction of sp³-hybridized carbons (Fsp3) is 0.419. The minimum atomic E-state index is -5.31. The molecule has 1 aliphatic carbocycles. The summed E-state index contributed by atoms with van der Waals surface area (Å²) in [4.78, 5) is 57.7. The average Bonchev–Trinajstić information content (AvgIpc) is 2.99. The summed E-state index contributed by atoms with van der Waals surface area (Å²) < 4.78 is 53.6. The van der Waals surface area contributed by atoms with E-state index in [1.54, 1.807) is 4.90 Å². The van der Waals surface area contributed by atoms with Crippen LogP contribution in [0.5, 0.6) is 0 Å². The molecule has 2 aliphatic heterocycles. The molecule has 0 spiro atoms. The second-order valence-electron chi connectivity index (χ2n) is 11.3. The summed E-state index contributed by atoms with van der Waals surface area (Å²) in [6.45, 7) is 3.86. The number of piperazine rings is 1. The molecule has 13 heteroatoms. The minimum absolute atomic E-state index is 0.0211. The number of amides is 3. The van der Waals surface area contributed by atoms with E-state index >= 15 is 0 Å². The summed E-state index contributed by atoms with van der Waals surface area (Å²) in [6, 6.07) is 11.8. The number of aryl methyl sites for hydroxylation is 1. The van der Waals surface area contributed by atoms with Gasteiger partial charge < -0.3 is 14.6 Å². The smallest absolute Gasteiger partial charge is 0.339 e. The molecule has 2 heterocycles. The van der Waals surface area contributed by atoms with Crippen molar-refractivity contribution in [1.82, 2.24) is 20.4 Å². The molecule has 0 saturated carbocycles. The van der Waals surface area contributed by atoms with Crippen LogP contribution in [0.25, 0.3) is 0 Å². The predicted octanol–water partition coefficient (Wildman–Crippen LogP) is 4.05. The number of fused-ring (bicyclic) bond motifs is 1. The Labute approximate surface area is 251 Å². The Morgan fingerprint density at radius 1 is 1.09 bits per heavy atom. The Morgan fingerprint density at radius 3 is 2.57 bits per heavy atom. The Hall–Kier alpha value is -4.42. The lowest BCUT2D eigenvalue weighted by molar-refractivity contribution is -0.242. The number of nitrogens with one attached hydrogen (secondary N) is 1. The Kier molecular flexibility index (Phi) is 8.66. The van der Waals surface area contributed by atoms with Gasteiger partial charge in [-0.2, -0.15) is 13.2 Å². The number of rotatable bonds is 6. The van der Waals surface area contributed by atoms with E-state index in [0.717, 1.165) is 25.3 Å². The molecule has 1 N–H and O–H groups in total.